The maximum Gasteiger partial charge on any atom is 0.397 e. The predicted octanol–water partition coefficient (Wildman–Crippen LogP) is 3.93. The standard InChI is InChI=1S/C19H18F4N8OS/c20-11-5-6-31(9-11)15-7-14(27-17-24-10-25-30-17)28-18(29-15)33-13-3-1-12(2-4-13)26-16(32)8-19(21,22)23/h1-4,7,10-11H,5-6,8-9H2,(H,26,32)(H2,24,25,27,28,29,30)/t11-/m0/s1. The van der Waals surface area contributed by atoms with Crippen molar-refractivity contribution in [1.29, 1.82) is 0 Å². The Morgan fingerprint density at radius 3 is 2.67 bits per heavy atom. The lowest BCUT2D eigenvalue weighted by atomic mass is 10.3. The summed E-state index contributed by atoms with van der Waals surface area (Å²) >= 11 is 1.20. The van der Waals surface area contributed by atoms with Crippen LogP contribution >= 0.6 is 11.8 Å². The molecule has 0 bridgehead atoms. The van der Waals surface area contributed by atoms with Crippen molar-refractivity contribution in [3.05, 3.63) is 36.7 Å². The van der Waals surface area contributed by atoms with Crippen LogP contribution in [-0.4, -0.2) is 56.5 Å². The molecule has 9 nitrogen and oxygen atoms in total. The van der Waals surface area contributed by atoms with Crippen LogP contribution in [0.15, 0.2) is 46.7 Å². The van der Waals surface area contributed by atoms with Crippen molar-refractivity contribution in [2.75, 3.05) is 28.6 Å². The second-order valence-corrected chi connectivity index (χ2v) is 8.20. The number of anilines is 4. The summed E-state index contributed by atoms with van der Waals surface area (Å²) in [6.45, 7) is 0.755. The number of hydrogen-bond acceptors (Lipinski definition) is 8. The van der Waals surface area contributed by atoms with Gasteiger partial charge in [0.1, 0.15) is 30.6 Å². The van der Waals surface area contributed by atoms with E-state index in [2.05, 4.69) is 35.8 Å². The molecule has 1 fully saturated rings. The molecule has 33 heavy (non-hydrogen) atoms. The van der Waals surface area contributed by atoms with Crippen molar-refractivity contribution in [3.63, 3.8) is 0 Å². The Labute approximate surface area is 189 Å². The van der Waals surface area contributed by atoms with Crippen molar-refractivity contribution in [1.82, 2.24) is 25.1 Å². The lowest BCUT2D eigenvalue weighted by Crippen LogP contribution is -2.21. The van der Waals surface area contributed by atoms with E-state index in [1.807, 2.05) is 4.90 Å². The molecule has 0 saturated carbocycles. The van der Waals surface area contributed by atoms with Crippen LogP contribution in [0.25, 0.3) is 0 Å². The van der Waals surface area contributed by atoms with Gasteiger partial charge in [-0.3, -0.25) is 4.79 Å². The SMILES string of the molecule is O=C(CC(F)(F)F)Nc1ccc(Sc2nc(Nc3nnc[nH]3)cc(N3CC[C@H](F)C3)n2)cc1. The minimum atomic E-state index is -4.57. The zero-order valence-electron chi connectivity index (χ0n) is 16.9. The largest absolute Gasteiger partial charge is 0.397 e. The minimum absolute atomic E-state index is 0.231. The van der Waals surface area contributed by atoms with Gasteiger partial charge in [0.05, 0.1) is 6.54 Å². The quantitative estimate of drug-likeness (QED) is 0.343. The first kappa shape index (κ1) is 22.8. The molecule has 1 aliphatic rings. The molecule has 3 N–H and O–H groups in total. The van der Waals surface area contributed by atoms with Crippen LogP contribution in [0.2, 0.25) is 0 Å². The smallest absolute Gasteiger partial charge is 0.353 e. The van der Waals surface area contributed by atoms with E-state index in [1.54, 1.807) is 18.2 Å². The van der Waals surface area contributed by atoms with Gasteiger partial charge < -0.3 is 20.5 Å². The third kappa shape index (κ3) is 6.54. The molecular formula is C19H18F4N8OS. The van der Waals surface area contributed by atoms with Crippen LogP contribution in [0.3, 0.4) is 0 Å². The van der Waals surface area contributed by atoms with Crippen LogP contribution in [0.1, 0.15) is 12.8 Å². The van der Waals surface area contributed by atoms with Crippen LogP contribution in [0.5, 0.6) is 0 Å². The molecule has 0 radical (unpaired) electrons. The number of H-pyrrole nitrogens is 1. The predicted molar refractivity (Wildman–Crippen MR) is 113 cm³/mol. The number of nitrogens with one attached hydrogen (secondary N) is 3. The lowest BCUT2D eigenvalue weighted by Gasteiger charge is -2.18. The van der Waals surface area contributed by atoms with E-state index in [0.29, 0.717) is 40.6 Å². The lowest BCUT2D eigenvalue weighted by molar-refractivity contribution is -0.150. The molecule has 174 valence electrons. The maximum absolute atomic E-state index is 13.7. The monoisotopic (exact) mass is 482 g/mol. The molecule has 14 heteroatoms. The highest BCUT2D eigenvalue weighted by Crippen LogP contribution is 2.31. The van der Waals surface area contributed by atoms with E-state index in [9.17, 15) is 22.4 Å². The molecular weight excluding hydrogens is 464 g/mol. The summed E-state index contributed by atoms with van der Waals surface area (Å²) in [6.07, 6.45) is -5.23. The highest BCUT2D eigenvalue weighted by atomic mass is 32.2. The van der Waals surface area contributed by atoms with Gasteiger partial charge >= 0.3 is 6.18 Å². The summed E-state index contributed by atoms with van der Waals surface area (Å²) in [4.78, 5) is 25.7. The van der Waals surface area contributed by atoms with Gasteiger partial charge in [-0.25, -0.2) is 14.4 Å². The Morgan fingerprint density at radius 2 is 2.03 bits per heavy atom. The minimum Gasteiger partial charge on any atom is -0.353 e. The highest BCUT2D eigenvalue weighted by Gasteiger charge is 2.31. The van der Waals surface area contributed by atoms with Crippen LogP contribution in [0.4, 0.5) is 40.8 Å². The van der Waals surface area contributed by atoms with E-state index in [0.717, 1.165) is 0 Å². The number of hydrogen-bond donors (Lipinski definition) is 3. The third-order valence-electron chi connectivity index (χ3n) is 4.52. The molecule has 3 heterocycles. The number of aromatic amines is 1. The number of halogens is 4. The molecule has 4 rings (SSSR count). The van der Waals surface area contributed by atoms with Gasteiger partial charge in [-0.15, -0.1) is 10.2 Å². The molecule has 1 amide bonds. The third-order valence-corrected chi connectivity index (χ3v) is 5.39. The Morgan fingerprint density at radius 1 is 1.24 bits per heavy atom. The molecule has 1 atom stereocenters. The van der Waals surface area contributed by atoms with E-state index in [4.69, 9.17) is 0 Å². The maximum atomic E-state index is 13.7. The average Bonchev–Trinajstić information content (AvgIpc) is 3.40. The number of nitrogens with zero attached hydrogens (tertiary/aromatic N) is 5. The fourth-order valence-corrected chi connectivity index (χ4v) is 3.86. The van der Waals surface area contributed by atoms with E-state index < -0.39 is 24.7 Å². The molecule has 0 spiro atoms. The fourth-order valence-electron chi connectivity index (χ4n) is 3.10. The number of carbonyl (C=O) groups is 1. The van der Waals surface area contributed by atoms with Crippen molar-refractivity contribution < 1.29 is 22.4 Å². The molecule has 0 unspecified atom stereocenters. The van der Waals surface area contributed by atoms with Gasteiger partial charge in [0.15, 0.2) is 5.16 Å². The van der Waals surface area contributed by atoms with Crippen LogP contribution in [-0.2, 0) is 4.79 Å². The number of carbonyl (C=O) groups excluding carboxylic acids is 1. The van der Waals surface area contributed by atoms with E-state index >= 15 is 0 Å². The first-order valence-electron chi connectivity index (χ1n) is 9.79. The van der Waals surface area contributed by atoms with Gasteiger partial charge in [0.25, 0.3) is 0 Å². The molecule has 0 aliphatic carbocycles. The summed E-state index contributed by atoms with van der Waals surface area (Å²) in [6, 6.07) is 7.91. The Balaban J connectivity index is 1.49. The fraction of sp³-hybridized carbons (Fsp3) is 0.316. The highest BCUT2D eigenvalue weighted by molar-refractivity contribution is 7.99. The molecule has 3 aromatic rings. The second kappa shape index (κ2) is 9.60. The molecule has 1 aromatic carbocycles. The van der Waals surface area contributed by atoms with Gasteiger partial charge in [0.2, 0.25) is 11.9 Å². The van der Waals surface area contributed by atoms with Gasteiger partial charge in [-0.1, -0.05) is 0 Å². The van der Waals surface area contributed by atoms with E-state index in [-0.39, 0.29) is 12.2 Å². The topological polar surface area (TPSA) is 112 Å². The zero-order chi connectivity index (χ0) is 23.4. The number of rotatable bonds is 7. The first-order chi connectivity index (χ1) is 15.7. The average molecular weight is 482 g/mol. The van der Waals surface area contributed by atoms with Gasteiger partial charge in [-0.05, 0) is 42.4 Å². The van der Waals surface area contributed by atoms with Crippen LogP contribution < -0.4 is 15.5 Å². The Kier molecular flexibility index (Phi) is 6.62. The second-order valence-electron chi connectivity index (χ2n) is 7.16. The summed E-state index contributed by atoms with van der Waals surface area (Å²) in [5.74, 6) is 0.210. The zero-order valence-corrected chi connectivity index (χ0v) is 17.8. The number of amides is 1. The van der Waals surface area contributed by atoms with E-state index in [1.165, 1.54) is 30.2 Å². The molecule has 1 saturated heterocycles. The molecule has 1 aliphatic heterocycles. The summed E-state index contributed by atoms with van der Waals surface area (Å²) in [7, 11) is 0. The Hall–Kier alpha value is -3.42. The van der Waals surface area contributed by atoms with Gasteiger partial charge in [-0.2, -0.15) is 13.2 Å². The first-order valence-corrected chi connectivity index (χ1v) is 10.6. The number of aromatic nitrogens is 5. The van der Waals surface area contributed by atoms with Crippen molar-refractivity contribution in [2.45, 2.75) is 35.2 Å². The summed E-state index contributed by atoms with van der Waals surface area (Å²) in [5, 5.41) is 13.1. The van der Waals surface area contributed by atoms with Gasteiger partial charge in [0, 0.05) is 23.2 Å². The number of benzene rings is 1. The molecule has 2 aromatic heterocycles. The normalized spacial score (nSPS) is 16.1. The van der Waals surface area contributed by atoms with Crippen molar-refractivity contribution in [3.8, 4) is 0 Å². The van der Waals surface area contributed by atoms with Crippen molar-refractivity contribution in [2.24, 2.45) is 0 Å². The Bertz CT molecular complexity index is 1090. The summed E-state index contributed by atoms with van der Waals surface area (Å²) in [5.41, 5.74) is 0.238. The summed E-state index contributed by atoms with van der Waals surface area (Å²) < 4.78 is 50.7. The van der Waals surface area contributed by atoms with Crippen LogP contribution in [0, 0.1) is 0 Å². The van der Waals surface area contributed by atoms with Crippen molar-refractivity contribution >= 4 is 40.9 Å². The number of alkyl halides is 4.